The first-order chi connectivity index (χ1) is 13.2. The van der Waals surface area contributed by atoms with Crippen LogP contribution in [0.4, 0.5) is 0 Å². The van der Waals surface area contributed by atoms with Crippen molar-refractivity contribution >= 4 is 34.4 Å². The minimum atomic E-state index is -0.0681. The molecule has 0 radical (unpaired) electrons. The molecule has 3 heterocycles. The van der Waals surface area contributed by atoms with Gasteiger partial charge < -0.3 is 4.84 Å². The lowest BCUT2D eigenvalue weighted by Gasteiger charge is -2.07. The van der Waals surface area contributed by atoms with Gasteiger partial charge in [0.05, 0.1) is 14.9 Å². The topological polar surface area (TPSA) is 51.5 Å². The standard InChI is InChI=1S/C21H17ClN2O2S/c22-21-9-8-20(27-21)19(25)7-6-17-12-18(24-26-17)15-4-1-3-14(11-15)16-5-2-10-23-13-16/h1-5,8-11,13,17H,6-7,12H2. The number of carbonyl (C=O) groups is 1. The Hall–Kier alpha value is -2.50. The molecule has 0 saturated heterocycles. The Morgan fingerprint density at radius 1 is 1.15 bits per heavy atom. The van der Waals surface area contributed by atoms with Crippen molar-refractivity contribution in [2.75, 3.05) is 0 Å². The van der Waals surface area contributed by atoms with Gasteiger partial charge in [-0.3, -0.25) is 9.78 Å². The van der Waals surface area contributed by atoms with Gasteiger partial charge in [-0.25, -0.2) is 0 Å². The number of rotatable bonds is 6. The molecule has 0 spiro atoms. The van der Waals surface area contributed by atoms with Crippen LogP contribution in [0.2, 0.25) is 4.34 Å². The molecule has 6 heteroatoms. The number of benzene rings is 1. The quantitative estimate of drug-likeness (QED) is 0.508. The maximum atomic E-state index is 12.2. The molecule has 0 N–H and O–H groups in total. The lowest BCUT2D eigenvalue weighted by atomic mass is 9.98. The molecule has 1 unspecified atom stereocenters. The van der Waals surface area contributed by atoms with Crippen molar-refractivity contribution in [2.24, 2.45) is 5.16 Å². The van der Waals surface area contributed by atoms with Gasteiger partial charge in [0.2, 0.25) is 0 Å². The minimum Gasteiger partial charge on any atom is -0.392 e. The number of oxime groups is 1. The van der Waals surface area contributed by atoms with Crippen LogP contribution < -0.4 is 0 Å². The summed E-state index contributed by atoms with van der Waals surface area (Å²) in [5.41, 5.74) is 4.11. The van der Waals surface area contributed by atoms with Gasteiger partial charge in [-0.15, -0.1) is 11.3 Å². The molecule has 1 atom stereocenters. The fraction of sp³-hybridized carbons (Fsp3) is 0.190. The van der Waals surface area contributed by atoms with Crippen LogP contribution in [0.3, 0.4) is 0 Å². The Labute approximate surface area is 166 Å². The van der Waals surface area contributed by atoms with E-state index in [9.17, 15) is 4.79 Å². The molecule has 4 nitrogen and oxygen atoms in total. The number of nitrogens with zero attached hydrogens (tertiary/aromatic N) is 2. The summed E-state index contributed by atoms with van der Waals surface area (Å²) >= 11 is 7.21. The summed E-state index contributed by atoms with van der Waals surface area (Å²) in [6.45, 7) is 0. The number of hydrogen-bond acceptors (Lipinski definition) is 5. The molecule has 27 heavy (non-hydrogen) atoms. The zero-order valence-electron chi connectivity index (χ0n) is 14.5. The third kappa shape index (κ3) is 4.26. The number of thiophene rings is 1. The lowest BCUT2D eigenvalue weighted by molar-refractivity contribution is 0.0720. The lowest BCUT2D eigenvalue weighted by Crippen LogP contribution is -2.11. The second-order valence-electron chi connectivity index (χ2n) is 6.36. The molecule has 2 aromatic heterocycles. The van der Waals surface area contributed by atoms with Crippen LogP contribution >= 0.6 is 22.9 Å². The molecule has 4 rings (SSSR count). The number of Topliss-reactive ketones (excluding diaryl/α,β-unsaturated/α-hetero) is 1. The Kier molecular flexibility index (Phi) is 5.32. The number of pyridine rings is 1. The van der Waals surface area contributed by atoms with Crippen molar-refractivity contribution in [1.29, 1.82) is 0 Å². The van der Waals surface area contributed by atoms with Crippen LogP contribution in [0.25, 0.3) is 11.1 Å². The van der Waals surface area contributed by atoms with Crippen LogP contribution in [0, 0.1) is 0 Å². The number of halogens is 1. The Balaban J connectivity index is 1.37. The molecular weight excluding hydrogens is 380 g/mol. The van der Waals surface area contributed by atoms with Gasteiger partial charge in [-0.2, -0.15) is 0 Å². The normalized spacial score (nSPS) is 16.0. The molecule has 3 aromatic rings. The average Bonchev–Trinajstić information content (AvgIpc) is 3.36. The molecule has 0 aliphatic carbocycles. The van der Waals surface area contributed by atoms with Gasteiger partial charge in [0.25, 0.3) is 0 Å². The van der Waals surface area contributed by atoms with E-state index in [1.807, 2.05) is 30.5 Å². The van der Waals surface area contributed by atoms with Crippen molar-refractivity contribution < 1.29 is 9.63 Å². The van der Waals surface area contributed by atoms with Crippen molar-refractivity contribution in [3.05, 3.63) is 75.7 Å². The summed E-state index contributed by atoms with van der Waals surface area (Å²) in [5.74, 6) is 0.0996. The molecule has 1 aliphatic rings. The summed E-state index contributed by atoms with van der Waals surface area (Å²) in [5, 5.41) is 4.25. The molecule has 0 fully saturated rings. The van der Waals surface area contributed by atoms with Crippen LogP contribution in [0.1, 0.15) is 34.5 Å². The van der Waals surface area contributed by atoms with E-state index in [1.165, 1.54) is 11.3 Å². The van der Waals surface area contributed by atoms with Crippen LogP contribution in [-0.2, 0) is 4.84 Å². The van der Waals surface area contributed by atoms with E-state index in [4.69, 9.17) is 16.4 Å². The van der Waals surface area contributed by atoms with Gasteiger partial charge in [-0.1, -0.05) is 41.0 Å². The zero-order valence-corrected chi connectivity index (χ0v) is 16.0. The number of ketones is 1. The van der Waals surface area contributed by atoms with Crippen LogP contribution in [0.5, 0.6) is 0 Å². The fourth-order valence-corrected chi connectivity index (χ4v) is 4.06. The molecule has 0 saturated carbocycles. The first-order valence-corrected chi connectivity index (χ1v) is 9.90. The second-order valence-corrected chi connectivity index (χ2v) is 8.07. The summed E-state index contributed by atoms with van der Waals surface area (Å²) < 4.78 is 0.634. The number of aromatic nitrogens is 1. The zero-order chi connectivity index (χ0) is 18.6. The smallest absolute Gasteiger partial charge is 0.172 e. The predicted octanol–water partition coefficient (Wildman–Crippen LogP) is 5.62. The number of hydrogen-bond donors (Lipinski definition) is 0. The highest BCUT2D eigenvalue weighted by Gasteiger charge is 2.23. The maximum Gasteiger partial charge on any atom is 0.172 e. The largest absolute Gasteiger partial charge is 0.392 e. The predicted molar refractivity (Wildman–Crippen MR) is 109 cm³/mol. The van der Waals surface area contributed by atoms with E-state index < -0.39 is 0 Å². The highest BCUT2D eigenvalue weighted by molar-refractivity contribution is 7.18. The first kappa shape index (κ1) is 17.9. The fourth-order valence-electron chi connectivity index (χ4n) is 3.04. The monoisotopic (exact) mass is 396 g/mol. The second kappa shape index (κ2) is 8.03. The molecule has 0 bridgehead atoms. The summed E-state index contributed by atoms with van der Waals surface area (Å²) in [4.78, 5) is 22.6. The summed E-state index contributed by atoms with van der Waals surface area (Å²) in [7, 11) is 0. The van der Waals surface area contributed by atoms with Crippen molar-refractivity contribution in [1.82, 2.24) is 4.98 Å². The number of carbonyl (C=O) groups excluding carboxylic acids is 1. The third-order valence-corrected chi connectivity index (χ3v) is 5.74. The van der Waals surface area contributed by atoms with Crippen LogP contribution in [-0.4, -0.2) is 22.6 Å². The van der Waals surface area contributed by atoms with E-state index in [0.717, 1.165) is 22.4 Å². The van der Waals surface area contributed by atoms with E-state index in [2.05, 4.69) is 22.3 Å². The molecule has 1 aromatic carbocycles. The third-order valence-electron chi connectivity index (χ3n) is 4.47. The van der Waals surface area contributed by atoms with Gasteiger partial charge in [0.15, 0.2) is 5.78 Å². The Morgan fingerprint density at radius 3 is 2.78 bits per heavy atom. The Bertz CT molecular complexity index is 985. The average molecular weight is 397 g/mol. The summed E-state index contributed by atoms with van der Waals surface area (Å²) in [6.07, 6.45) is 5.32. The Morgan fingerprint density at radius 2 is 2.00 bits per heavy atom. The maximum absolute atomic E-state index is 12.2. The molecular formula is C21H17ClN2O2S. The highest BCUT2D eigenvalue weighted by Crippen LogP contribution is 2.26. The van der Waals surface area contributed by atoms with Crippen molar-refractivity contribution in [3.8, 4) is 11.1 Å². The van der Waals surface area contributed by atoms with Crippen LogP contribution in [0.15, 0.2) is 66.1 Å². The van der Waals surface area contributed by atoms with E-state index in [1.54, 1.807) is 18.3 Å². The minimum absolute atomic E-state index is 0.0681. The first-order valence-electron chi connectivity index (χ1n) is 8.71. The van der Waals surface area contributed by atoms with Crippen molar-refractivity contribution in [2.45, 2.75) is 25.4 Å². The van der Waals surface area contributed by atoms with Crippen molar-refractivity contribution in [3.63, 3.8) is 0 Å². The van der Waals surface area contributed by atoms with E-state index in [-0.39, 0.29) is 11.9 Å². The molecule has 1 aliphatic heterocycles. The van der Waals surface area contributed by atoms with Gasteiger partial charge in [0, 0.05) is 36.4 Å². The highest BCUT2D eigenvalue weighted by atomic mass is 35.5. The van der Waals surface area contributed by atoms with E-state index >= 15 is 0 Å². The van der Waals surface area contributed by atoms with Gasteiger partial charge >= 0.3 is 0 Å². The SMILES string of the molecule is O=C(CCC1CC(c2cccc(-c3cccnc3)c2)=NO1)c1ccc(Cl)s1. The van der Waals surface area contributed by atoms with Gasteiger partial charge in [0.1, 0.15) is 6.10 Å². The summed E-state index contributed by atoms with van der Waals surface area (Å²) in [6, 6.07) is 15.7. The molecule has 136 valence electrons. The van der Waals surface area contributed by atoms with E-state index in [0.29, 0.717) is 28.5 Å². The molecule has 0 amide bonds. The van der Waals surface area contributed by atoms with Gasteiger partial charge in [-0.05, 0) is 36.2 Å².